The molecule has 1 aromatic carbocycles. The highest BCUT2D eigenvalue weighted by Crippen LogP contribution is 2.42. The number of nitrogens with zero attached hydrogens (tertiary/aromatic N) is 1. The summed E-state index contributed by atoms with van der Waals surface area (Å²) in [6.45, 7) is 9.79. The van der Waals surface area contributed by atoms with Gasteiger partial charge in [-0.25, -0.2) is 0 Å². The van der Waals surface area contributed by atoms with Crippen molar-refractivity contribution >= 4 is 23.4 Å². The van der Waals surface area contributed by atoms with E-state index < -0.39 is 6.04 Å². The Morgan fingerprint density at radius 2 is 1.83 bits per heavy atom. The highest BCUT2D eigenvalue weighted by atomic mass is 35.5. The number of carbonyl (C=O) groups is 2. The number of rotatable bonds is 5. The van der Waals surface area contributed by atoms with E-state index in [0.29, 0.717) is 25.4 Å². The predicted molar refractivity (Wildman–Crippen MR) is 121 cm³/mol. The molecule has 2 aliphatic rings. The second-order valence-corrected chi connectivity index (χ2v) is 10.6. The summed E-state index contributed by atoms with van der Waals surface area (Å²) in [6.07, 6.45) is 3.30. The van der Waals surface area contributed by atoms with Crippen molar-refractivity contribution in [3.63, 3.8) is 0 Å². The number of hydrogen-bond acceptors (Lipinski definition) is 3. The largest absolute Gasteiger partial charge is 0.344 e. The van der Waals surface area contributed by atoms with E-state index in [1.54, 1.807) is 0 Å². The van der Waals surface area contributed by atoms with Crippen molar-refractivity contribution in [3.8, 4) is 0 Å². The Morgan fingerprint density at radius 1 is 1.17 bits per heavy atom. The lowest BCUT2D eigenvalue weighted by Gasteiger charge is -2.46. The molecular weight excluding hydrogens is 398 g/mol. The number of benzene rings is 1. The highest BCUT2D eigenvalue weighted by molar-refractivity contribution is 6.30. The van der Waals surface area contributed by atoms with Crippen LogP contribution >= 0.6 is 11.6 Å². The Hall–Kier alpha value is -1.59. The molecule has 5 nitrogen and oxygen atoms in total. The van der Waals surface area contributed by atoms with Crippen LogP contribution in [-0.2, 0) is 9.59 Å². The minimum absolute atomic E-state index is 0.0229. The number of likely N-dealkylation sites (tertiary alicyclic amines) is 1. The Kier molecular flexibility index (Phi) is 7.13. The quantitative estimate of drug-likeness (QED) is 0.738. The van der Waals surface area contributed by atoms with Gasteiger partial charge in [0, 0.05) is 30.1 Å². The normalized spacial score (nSPS) is 27.2. The number of halogens is 1. The van der Waals surface area contributed by atoms with Gasteiger partial charge in [0.15, 0.2) is 0 Å². The van der Waals surface area contributed by atoms with Gasteiger partial charge in [-0.05, 0) is 60.6 Å². The Labute approximate surface area is 185 Å². The molecule has 1 unspecified atom stereocenters. The second kappa shape index (κ2) is 9.27. The Balaban J connectivity index is 1.67. The molecule has 0 bridgehead atoms. The second-order valence-electron chi connectivity index (χ2n) is 10.1. The van der Waals surface area contributed by atoms with Gasteiger partial charge < -0.3 is 16.0 Å². The van der Waals surface area contributed by atoms with Crippen LogP contribution in [0, 0.1) is 17.3 Å². The van der Waals surface area contributed by atoms with Crippen LogP contribution in [-0.4, -0.2) is 41.9 Å². The highest BCUT2D eigenvalue weighted by Gasteiger charge is 2.41. The van der Waals surface area contributed by atoms with Gasteiger partial charge in [0.1, 0.15) is 6.04 Å². The van der Waals surface area contributed by atoms with Crippen molar-refractivity contribution in [3.05, 3.63) is 34.9 Å². The fourth-order valence-electron chi connectivity index (χ4n) is 5.09. The van der Waals surface area contributed by atoms with E-state index in [1.807, 2.05) is 30.9 Å². The first-order valence-corrected chi connectivity index (χ1v) is 11.6. The first kappa shape index (κ1) is 23.1. The molecule has 1 saturated heterocycles. The topological polar surface area (TPSA) is 75.4 Å². The summed E-state index contributed by atoms with van der Waals surface area (Å²) in [5, 5.41) is 3.79. The molecule has 0 spiro atoms. The van der Waals surface area contributed by atoms with Gasteiger partial charge in [0.25, 0.3) is 0 Å². The third-order valence-corrected chi connectivity index (χ3v) is 7.14. The summed E-state index contributed by atoms with van der Waals surface area (Å²) >= 11 is 6.05. The molecule has 3 rings (SSSR count). The maximum Gasteiger partial charge on any atom is 0.245 e. The summed E-state index contributed by atoms with van der Waals surface area (Å²) < 4.78 is 0. The van der Waals surface area contributed by atoms with E-state index in [4.69, 9.17) is 17.3 Å². The molecule has 166 valence electrons. The molecule has 2 amide bonds. The number of piperidine rings is 1. The van der Waals surface area contributed by atoms with Crippen LogP contribution in [0.1, 0.15) is 64.9 Å². The molecule has 0 radical (unpaired) electrons. The molecule has 1 aliphatic heterocycles. The van der Waals surface area contributed by atoms with Crippen LogP contribution in [0.15, 0.2) is 24.3 Å². The average molecular weight is 434 g/mol. The summed E-state index contributed by atoms with van der Waals surface area (Å²) in [5.74, 6) is 0.342. The summed E-state index contributed by atoms with van der Waals surface area (Å²) in [5.41, 5.74) is 7.17. The van der Waals surface area contributed by atoms with Gasteiger partial charge in [-0.2, -0.15) is 0 Å². The molecular formula is C24H36ClN3O2. The maximum absolute atomic E-state index is 13.4. The third-order valence-electron chi connectivity index (χ3n) is 6.89. The van der Waals surface area contributed by atoms with Gasteiger partial charge >= 0.3 is 0 Å². The average Bonchev–Trinajstić information content (AvgIpc) is 3.12. The fourth-order valence-corrected chi connectivity index (χ4v) is 5.22. The smallest absolute Gasteiger partial charge is 0.245 e. The van der Waals surface area contributed by atoms with Crippen LogP contribution in [0.4, 0.5) is 0 Å². The molecule has 30 heavy (non-hydrogen) atoms. The Morgan fingerprint density at radius 3 is 2.37 bits per heavy atom. The van der Waals surface area contributed by atoms with E-state index >= 15 is 0 Å². The molecule has 1 aliphatic carbocycles. The minimum atomic E-state index is -0.489. The van der Waals surface area contributed by atoms with E-state index in [2.05, 4.69) is 31.3 Å². The number of nitrogens with two attached hydrogens (primary N) is 1. The zero-order valence-corrected chi connectivity index (χ0v) is 19.4. The third kappa shape index (κ3) is 5.17. The van der Waals surface area contributed by atoms with Gasteiger partial charge in [-0.1, -0.05) is 51.4 Å². The first-order valence-electron chi connectivity index (χ1n) is 11.2. The van der Waals surface area contributed by atoms with Crippen molar-refractivity contribution in [1.82, 2.24) is 10.2 Å². The van der Waals surface area contributed by atoms with Crippen LogP contribution in [0.2, 0.25) is 5.02 Å². The molecule has 4 atom stereocenters. The van der Waals surface area contributed by atoms with Crippen molar-refractivity contribution in [2.45, 2.75) is 71.4 Å². The Bertz CT molecular complexity index is 762. The van der Waals surface area contributed by atoms with Crippen molar-refractivity contribution in [2.24, 2.45) is 23.0 Å². The lowest BCUT2D eigenvalue weighted by atomic mass is 9.70. The van der Waals surface area contributed by atoms with Crippen LogP contribution in [0.5, 0.6) is 0 Å². The summed E-state index contributed by atoms with van der Waals surface area (Å²) in [7, 11) is 0. The fraction of sp³-hybridized carbons (Fsp3) is 0.667. The molecule has 1 heterocycles. The van der Waals surface area contributed by atoms with Crippen LogP contribution in [0.25, 0.3) is 0 Å². The van der Waals surface area contributed by atoms with Gasteiger partial charge in [-0.15, -0.1) is 0 Å². The molecule has 2 fully saturated rings. The van der Waals surface area contributed by atoms with Gasteiger partial charge in [0.2, 0.25) is 11.8 Å². The molecule has 6 heteroatoms. The lowest BCUT2D eigenvalue weighted by molar-refractivity contribution is -0.141. The van der Waals surface area contributed by atoms with Crippen LogP contribution < -0.4 is 11.1 Å². The van der Waals surface area contributed by atoms with E-state index in [-0.39, 0.29) is 35.1 Å². The number of nitrogens with one attached hydrogen (secondary N) is 1. The van der Waals surface area contributed by atoms with Gasteiger partial charge in [-0.3, -0.25) is 9.59 Å². The molecule has 1 aromatic rings. The summed E-state index contributed by atoms with van der Waals surface area (Å²) in [4.78, 5) is 28.1. The molecule has 0 aromatic heterocycles. The monoisotopic (exact) mass is 433 g/mol. The van der Waals surface area contributed by atoms with Crippen LogP contribution in [0.3, 0.4) is 0 Å². The number of carbonyl (C=O) groups excluding carboxylic acids is 2. The first-order chi connectivity index (χ1) is 14.1. The minimum Gasteiger partial charge on any atom is -0.344 e. The lowest BCUT2D eigenvalue weighted by Crippen LogP contribution is -2.56. The van der Waals surface area contributed by atoms with Crippen molar-refractivity contribution in [2.75, 3.05) is 13.1 Å². The van der Waals surface area contributed by atoms with E-state index in [0.717, 1.165) is 24.3 Å². The number of amides is 2. The summed E-state index contributed by atoms with van der Waals surface area (Å²) in [6, 6.07) is 7.66. The van der Waals surface area contributed by atoms with Crippen molar-refractivity contribution < 1.29 is 9.59 Å². The standard InChI is InChI=1S/C24H36ClN3O2/c1-15(2)21(27-22(29)17-7-10-19(26)13-17)23(30)28-12-11-20(24(3,4)14-28)16-5-8-18(25)9-6-16/h5-6,8-9,15,17,19-21H,7,10-14,26H2,1-4H3,(H,27,29)/t17-,19+,20?,21+/m0/s1. The SMILES string of the molecule is CC(C)[C@@H](NC(=O)[C@H]1CC[C@@H](N)C1)C(=O)N1CCC(c2ccc(Cl)cc2)C(C)(C)C1. The van der Waals surface area contributed by atoms with Gasteiger partial charge in [0.05, 0.1) is 0 Å². The van der Waals surface area contributed by atoms with Crippen molar-refractivity contribution in [1.29, 1.82) is 0 Å². The molecule has 3 N–H and O–H groups in total. The zero-order valence-electron chi connectivity index (χ0n) is 18.7. The number of hydrogen-bond donors (Lipinski definition) is 2. The van der Waals surface area contributed by atoms with E-state index in [1.165, 1.54) is 5.56 Å². The van der Waals surface area contributed by atoms with E-state index in [9.17, 15) is 9.59 Å². The predicted octanol–water partition coefficient (Wildman–Crippen LogP) is 3.95. The maximum atomic E-state index is 13.4. The molecule has 1 saturated carbocycles. The zero-order chi connectivity index (χ0) is 22.1.